The zero-order chi connectivity index (χ0) is 22.0. The fourth-order valence-corrected chi connectivity index (χ4v) is 3.45. The fraction of sp³-hybridized carbons (Fsp3) is 0.810. The molecule has 0 radical (unpaired) electrons. The SMILES string of the molecule is C/C=C/COC(=O)C(CC(=O)OCCCCCCCCCCCCC)S(=O)(=O)O. The van der Waals surface area contributed by atoms with Crippen molar-refractivity contribution in [3.8, 4) is 0 Å². The van der Waals surface area contributed by atoms with Crippen LogP contribution in [0.5, 0.6) is 0 Å². The van der Waals surface area contributed by atoms with Crippen LogP contribution in [0.3, 0.4) is 0 Å². The van der Waals surface area contributed by atoms with Crippen LogP contribution in [0.25, 0.3) is 0 Å². The number of esters is 2. The highest BCUT2D eigenvalue weighted by atomic mass is 32.2. The minimum atomic E-state index is -4.75. The van der Waals surface area contributed by atoms with Crippen LogP contribution < -0.4 is 0 Å². The van der Waals surface area contributed by atoms with Crippen molar-refractivity contribution in [3.05, 3.63) is 12.2 Å². The van der Waals surface area contributed by atoms with E-state index in [-0.39, 0.29) is 13.2 Å². The van der Waals surface area contributed by atoms with Crippen molar-refractivity contribution in [3.63, 3.8) is 0 Å². The summed E-state index contributed by atoms with van der Waals surface area (Å²) in [6.45, 7) is 3.96. The van der Waals surface area contributed by atoms with Crippen molar-refractivity contribution < 1.29 is 32.0 Å². The standard InChI is InChI=1S/C21H38O7S/c1-3-5-7-8-9-10-11-12-13-14-15-17-27-20(22)18-19(29(24,25)26)21(23)28-16-6-4-2/h4,6,19H,3,5,7-18H2,1-2H3,(H,24,25,26)/b6-4+. The molecule has 7 nitrogen and oxygen atoms in total. The Bertz CT molecular complexity index is 570. The van der Waals surface area contributed by atoms with E-state index in [2.05, 4.69) is 6.92 Å². The second-order valence-corrected chi connectivity index (χ2v) is 8.76. The summed E-state index contributed by atoms with van der Waals surface area (Å²) in [5.74, 6) is -2.01. The number of unbranched alkanes of at least 4 members (excludes halogenated alkanes) is 10. The third-order valence-corrected chi connectivity index (χ3v) is 5.62. The van der Waals surface area contributed by atoms with Crippen LogP contribution in [0.15, 0.2) is 12.2 Å². The lowest BCUT2D eigenvalue weighted by Gasteiger charge is -2.12. The summed E-state index contributed by atoms with van der Waals surface area (Å²) >= 11 is 0. The number of hydrogen-bond acceptors (Lipinski definition) is 6. The van der Waals surface area contributed by atoms with Gasteiger partial charge in [0, 0.05) is 0 Å². The van der Waals surface area contributed by atoms with Gasteiger partial charge in [-0.25, -0.2) is 0 Å². The summed E-state index contributed by atoms with van der Waals surface area (Å²) in [7, 11) is -4.75. The van der Waals surface area contributed by atoms with Crippen molar-refractivity contribution in [1.82, 2.24) is 0 Å². The number of carbonyl (C=O) groups is 2. The molecule has 0 aliphatic heterocycles. The predicted octanol–water partition coefficient (Wildman–Crippen LogP) is 4.61. The number of allylic oxidation sites excluding steroid dienone is 1. The largest absolute Gasteiger partial charge is 0.466 e. The van der Waals surface area contributed by atoms with Gasteiger partial charge in [0.1, 0.15) is 6.61 Å². The quantitative estimate of drug-likeness (QED) is 0.145. The lowest BCUT2D eigenvalue weighted by molar-refractivity contribution is -0.149. The Labute approximate surface area is 176 Å². The molecule has 0 rings (SSSR count). The average Bonchev–Trinajstić information content (AvgIpc) is 2.66. The summed E-state index contributed by atoms with van der Waals surface area (Å²) in [5, 5.41) is -1.96. The molecule has 1 N–H and O–H groups in total. The van der Waals surface area contributed by atoms with Gasteiger partial charge in [0.25, 0.3) is 10.1 Å². The van der Waals surface area contributed by atoms with Gasteiger partial charge in [-0.1, -0.05) is 83.3 Å². The molecule has 0 spiro atoms. The highest BCUT2D eigenvalue weighted by molar-refractivity contribution is 7.87. The molecular weight excluding hydrogens is 396 g/mol. The number of ether oxygens (including phenoxy) is 2. The first-order valence-electron chi connectivity index (χ1n) is 10.7. The monoisotopic (exact) mass is 434 g/mol. The first-order valence-corrected chi connectivity index (χ1v) is 12.2. The summed E-state index contributed by atoms with van der Waals surface area (Å²) < 4.78 is 41.6. The predicted molar refractivity (Wildman–Crippen MR) is 113 cm³/mol. The summed E-state index contributed by atoms with van der Waals surface area (Å²) in [6.07, 6.45) is 15.2. The maximum absolute atomic E-state index is 11.8. The minimum absolute atomic E-state index is 0.130. The van der Waals surface area contributed by atoms with Crippen LogP contribution in [0, 0.1) is 0 Å². The third kappa shape index (κ3) is 16.1. The molecule has 29 heavy (non-hydrogen) atoms. The average molecular weight is 435 g/mol. The zero-order valence-electron chi connectivity index (χ0n) is 17.9. The van der Waals surface area contributed by atoms with Crippen molar-refractivity contribution in [1.29, 1.82) is 0 Å². The Hall–Kier alpha value is -1.41. The Kier molecular flexibility index (Phi) is 16.6. The molecular formula is C21H38O7S. The molecule has 0 heterocycles. The molecule has 0 bridgehead atoms. The van der Waals surface area contributed by atoms with E-state index < -0.39 is 33.7 Å². The first-order chi connectivity index (χ1) is 13.8. The van der Waals surface area contributed by atoms with Gasteiger partial charge in [-0.15, -0.1) is 0 Å². The van der Waals surface area contributed by atoms with Crippen LogP contribution in [0.2, 0.25) is 0 Å². The van der Waals surface area contributed by atoms with E-state index in [9.17, 15) is 22.6 Å². The van der Waals surface area contributed by atoms with Gasteiger partial charge < -0.3 is 9.47 Å². The van der Waals surface area contributed by atoms with E-state index in [0.29, 0.717) is 6.42 Å². The minimum Gasteiger partial charge on any atom is -0.466 e. The van der Waals surface area contributed by atoms with Crippen LogP contribution in [-0.2, 0) is 29.2 Å². The van der Waals surface area contributed by atoms with Gasteiger partial charge in [-0.2, -0.15) is 8.42 Å². The molecule has 0 aromatic rings. The van der Waals surface area contributed by atoms with E-state index in [4.69, 9.17) is 9.47 Å². The molecule has 0 aromatic heterocycles. The lowest BCUT2D eigenvalue weighted by atomic mass is 10.1. The van der Waals surface area contributed by atoms with E-state index in [1.54, 1.807) is 13.0 Å². The number of carbonyl (C=O) groups excluding carboxylic acids is 2. The van der Waals surface area contributed by atoms with Crippen LogP contribution >= 0.6 is 0 Å². The van der Waals surface area contributed by atoms with Gasteiger partial charge in [0.05, 0.1) is 13.0 Å². The molecule has 0 amide bonds. The fourth-order valence-electron chi connectivity index (χ4n) is 2.79. The Morgan fingerprint density at radius 3 is 1.90 bits per heavy atom. The Morgan fingerprint density at radius 1 is 0.897 bits per heavy atom. The van der Waals surface area contributed by atoms with Gasteiger partial charge in [-0.3, -0.25) is 14.1 Å². The molecule has 1 unspecified atom stereocenters. The Balaban J connectivity index is 3.90. The maximum Gasteiger partial charge on any atom is 0.327 e. The molecule has 0 saturated heterocycles. The topological polar surface area (TPSA) is 107 Å². The van der Waals surface area contributed by atoms with Crippen molar-refractivity contribution >= 4 is 22.1 Å². The molecule has 170 valence electrons. The first kappa shape index (κ1) is 27.6. The third-order valence-electron chi connectivity index (χ3n) is 4.54. The van der Waals surface area contributed by atoms with Crippen molar-refractivity contribution in [2.24, 2.45) is 0 Å². The van der Waals surface area contributed by atoms with Crippen molar-refractivity contribution in [2.45, 2.75) is 96.1 Å². The Morgan fingerprint density at radius 2 is 1.41 bits per heavy atom. The highest BCUT2D eigenvalue weighted by Crippen LogP contribution is 2.12. The van der Waals surface area contributed by atoms with E-state index in [0.717, 1.165) is 19.3 Å². The number of hydrogen-bond donors (Lipinski definition) is 1. The summed E-state index contributed by atoms with van der Waals surface area (Å²) in [6, 6.07) is 0. The molecule has 0 saturated carbocycles. The molecule has 0 aliphatic rings. The van der Waals surface area contributed by atoms with Gasteiger partial charge in [-0.05, 0) is 13.3 Å². The second kappa shape index (κ2) is 17.4. The maximum atomic E-state index is 11.8. The summed E-state index contributed by atoms with van der Waals surface area (Å²) in [4.78, 5) is 23.6. The van der Waals surface area contributed by atoms with E-state index >= 15 is 0 Å². The molecule has 8 heteroatoms. The molecule has 0 aliphatic carbocycles. The summed E-state index contributed by atoms with van der Waals surface area (Å²) in [5.41, 5.74) is 0. The van der Waals surface area contributed by atoms with Crippen LogP contribution in [0.1, 0.15) is 90.9 Å². The van der Waals surface area contributed by atoms with Gasteiger partial charge >= 0.3 is 11.9 Å². The van der Waals surface area contributed by atoms with E-state index in [1.807, 2.05) is 0 Å². The van der Waals surface area contributed by atoms with E-state index in [1.165, 1.54) is 51.0 Å². The van der Waals surface area contributed by atoms with Crippen LogP contribution in [0.4, 0.5) is 0 Å². The zero-order valence-corrected chi connectivity index (χ0v) is 18.8. The second-order valence-electron chi connectivity index (χ2n) is 7.16. The molecule has 0 fully saturated rings. The highest BCUT2D eigenvalue weighted by Gasteiger charge is 2.35. The molecule has 1 atom stereocenters. The van der Waals surface area contributed by atoms with Gasteiger partial charge in [0.15, 0.2) is 5.25 Å². The van der Waals surface area contributed by atoms with Crippen LogP contribution in [-0.4, -0.2) is 43.4 Å². The molecule has 0 aromatic carbocycles. The normalized spacial score (nSPS) is 12.8. The lowest BCUT2D eigenvalue weighted by Crippen LogP contribution is -2.34. The number of rotatable bonds is 18. The smallest absolute Gasteiger partial charge is 0.327 e. The van der Waals surface area contributed by atoms with Gasteiger partial charge in [0.2, 0.25) is 0 Å². The van der Waals surface area contributed by atoms with Crippen molar-refractivity contribution in [2.75, 3.05) is 13.2 Å².